The van der Waals surface area contributed by atoms with Gasteiger partial charge in [-0.05, 0) is 71.0 Å². The van der Waals surface area contributed by atoms with Crippen molar-refractivity contribution in [2.24, 2.45) is 0 Å². The molecule has 2 bridgehead atoms. The van der Waals surface area contributed by atoms with Gasteiger partial charge in [-0.1, -0.05) is 18.5 Å². The molecule has 3 atom stereocenters. The van der Waals surface area contributed by atoms with Gasteiger partial charge in [0.2, 0.25) is 5.91 Å². The number of hydrogen-bond donors (Lipinski definition) is 0. The number of piperidine rings is 1. The second-order valence-corrected chi connectivity index (χ2v) is 12.8. The van der Waals surface area contributed by atoms with Gasteiger partial charge in [0, 0.05) is 60.4 Å². The van der Waals surface area contributed by atoms with Crippen LogP contribution < -0.4 is 0 Å². The number of amides is 1. The van der Waals surface area contributed by atoms with Crippen LogP contribution in [0.2, 0.25) is 4.34 Å². The number of ketones is 1. The number of thiophene rings is 1. The first-order valence-corrected chi connectivity index (χ1v) is 14.9. The Hall–Kier alpha value is -1.70. The van der Waals surface area contributed by atoms with Gasteiger partial charge in [0.25, 0.3) is 0 Å². The van der Waals surface area contributed by atoms with E-state index in [1.54, 1.807) is 18.3 Å². The lowest BCUT2D eigenvalue weighted by molar-refractivity contribution is -0.132. The molecule has 0 saturated carbocycles. The Morgan fingerprint density at radius 2 is 1.94 bits per heavy atom. The molecule has 8 heteroatoms. The summed E-state index contributed by atoms with van der Waals surface area (Å²) in [4.78, 5) is 35.3. The van der Waals surface area contributed by atoms with Crippen LogP contribution in [0.5, 0.6) is 0 Å². The molecule has 5 rings (SSSR count). The van der Waals surface area contributed by atoms with Gasteiger partial charge >= 0.3 is 0 Å². The van der Waals surface area contributed by atoms with E-state index in [4.69, 9.17) is 16.6 Å². The van der Waals surface area contributed by atoms with Crippen LogP contribution in [0.3, 0.4) is 0 Å². The maximum atomic E-state index is 12.5. The summed E-state index contributed by atoms with van der Waals surface area (Å²) >= 11 is 7.83. The summed E-state index contributed by atoms with van der Waals surface area (Å²) in [6.07, 6.45) is 8.91. The van der Waals surface area contributed by atoms with E-state index in [0.717, 1.165) is 48.2 Å². The molecule has 2 saturated heterocycles. The first-order chi connectivity index (χ1) is 17.3. The minimum Gasteiger partial charge on any atom is -0.336 e. The molecule has 2 unspecified atom stereocenters. The third kappa shape index (κ3) is 5.30. The normalized spacial score (nSPS) is 24.7. The van der Waals surface area contributed by atoms with Crippen LogP contribution in [0.15, 0.2) is 12.1 Å². The van der Waals surface area contributed by atoms with Crippen LogP contribution in [-0.4, -0.2) is 56.2 Å². The Bertz CT molecular complexity index is 1100. The van der Waals surface area contributed by atoms with Gasteiger partial charge in [0.05, 0.1) is 16.6 Å². The fourth-order valence-electron chi connectivity index (χ4n) is 6.98. The number of nitrogens with zero attached hydrogens (tertiary/aromatic N) is 4. The minimum atomic E-state index is 0.251. The average molecular weight is 531 g/mol. The Morgan fingerprint density at radius 1 is 1.19 bits per heavy atom. The van der Waals surface area contributed by atoms with E-state index in [1.807, 2.05) is 11.0 Å². The molecule has 36 heavy (non-hydrogen) atoms. The fraction of sp³-hybridized carbons (Fsp3) is 0.679. The maximum absolute atomic E-state index is 12.5. The number of halogens is 1. The predicted molar refractivity (Wildman–Crippen MR) is 145 cm³/mol. The topological polar surface area (TPSA) is 58.4 Å². The van der Waals surface area contributed by atoms with Crippen molar-refractivity contribution in [1.82, 2.24) is 19.4 Å². The second kappa shape index (κ2) is 11.0. The van der Waals surface area contributed by atoms with Crippen molar-refractivity contribution < 1.29 is 9.59 Å². The molecule has 1 amide bonds. The highest BCUT2D eigenvalue weighted by atomic mass is 35.5. The van der Waals surface area contributed by atoms with Gasteiger partial charge in [0.1, 0.15) is 11.6 Å². The highest BCUT2D eigenvalue weighted by Crippen LogP contribution is 2.43. The summed E-state index contributed by atoms with van der Waals surface area (Å²) in [5, 5.41) is 0. The molecule has 0 spiro atoms. The number of aryl methyl sites for hydroxylation is 1. The molecule has 196 valence electrons. The third-order valence-electron chi connectivity index (χ3n) is 8.54. The van der Waals surface area contributed by atoms with Crippen LogP contribution >= 0.6 is 22.9 Å². The van der Waals surface area contributed by atoms with Gasteiger partial charge in [-0.15, -0.1) is 11.3 Å². The molecule has 6 nitrogen and oxygen atoms in total. The number of carbonyl (C=O) groups excluding carboxylic acids is 2. The molecule has 3 aliphatic heterocycles. The first-order valence-electron chi connectivity index (χ1n) is 13.7. The number of hydrogen-bond acceptors (Lipinski definition) is 5. The van der Waals surface area contributed by atoms with Gasteiger partial charge < -0.3 is 14.3 Å². The summed E-state index contributed by atoms with van der Waals surface area (Å²) < 4.78 is 3.34. The minimum absolute atomic E-state index is 0.251. The zero-order valence-corrected chi connectivity index (χ0v) is 23.4. The smallest absolute Gasteiger partial charge is 0.222 e. The molecule has 5 heterocycles. The Labute approximate surface area is 224 Å². The van der Waals surface area contributed by atoms with Crippen molar-refractivity contribution in [1.29, 1.82) is 0 Å². The number of carbonyl (C=O) groups is 2. The number of imidazole rings is 1. The summed E-state index contributed by atoms with van der Waals surface area (Å²) in [7, 11) is 0. The number of aromatic nitrogens is 2. The van der Waals surface area contributed by atoms with E-state index in [9.17, 15) is 9.59 Å². The Balaban J connectivity index is 1.25. The largest absolute Gasteiger partial charge is 0.336 e. The predicted octanol–water partition coefficient (Wildman–Crippen LogP) is 5.91. The summed E-state index contributed by atoms with van der Waals surface area (Å²) in [5.41, 5.74) is 2.47. The number of Topliss-reactive ketones (excluding diaryl/α,β-unsaturated/α-hetero) is 1. The molecular formula is C28H39ClN4O2S. The zero-order chi connectivity index (χ0) is 25.4. The quantitative estimate of drug-likeness (QED) is 0.404. The van der Waals surface area contributed by atoms with Crippen LogP contribution in [0.4, 0.5) is 0 Å². The van der Waals surface area contributed by atoms with Crippen LogP contribution in [0, 0.1) is 6.92 Å². The van der Waals surface area contributed by atoms with E-state index in [0.29, 0.717) is 37.5 Å². The fourth-order valence-corrected chi connectivity index (χ4v) is 8.17. The molecule has 2 aromatic rings. The molecule has 3 aliphatic rings. The van der Waals surface area contributed by atoms with E-state index in [2.05, 4.69) is 29.4 Å². The van der Waals surface area contributed by atoms with Crippen molar-refractivity contribution in [2.75, 3.05) is 13.1 Å². The summed E-state index contributed by atoms with van der Waals surface area (Å²) in [6, 6.07) is 5.75. The zero-order valence-electron chi connectivity index (χ0n) is 21.8. The van der Waals surface area contributed by atoms with Crippen molar-refractivity contribution in [2.45, 2.75) is 109 Å². The van der Waals surface area contributed by atoms with Crippen molar-refractivity contribution >= 4 is 34.6 Å². The maximum Gasteiger partial charge on any atom is 0.222 e. The lowest BCUT2D eigenvalue weighted by Gasteiger charge is -2.41. The van der Waals surface area contributed by atoms with E-state index >= 15 is 0 Å². The SMILES string of the molecule is CCCC(=O)N1CCc2c(nc(C)n2C2CC3CCC(C2)N3CC[C@H](CC(C)=O)c2ccc(Cl)s2)C1. The lowest BCUT2D eigenvalue weighted by Crippen LogP contribution is -2.44. The Morgan fingerprint density at radius 3 is 2.58 bits per heavy atom. The van der Waals surface area contributed by atoms with Crippen molar-refractivity contribution in [3.63, 3.8) is 0 Å². The second-order valence-electron chi connectivity index (χ2n) is 11.0. The third-order valence-corrected chi connectivity index (χ3v) is 9.93. The summed E-state index contributed by atoms with van der Waals surface area (Å²) in [6.45, 7) is 8.43. The average Bonchev–Trinajstić information content (AvgIpc) is 3.48. The highest BCUT2D eigenvalue weighted by Gasteiger charge is 2.42. The molecule has 0 aliphatic carbocycles. The number of rotatable bonds is 9. The van der Waals surface area contributed by atoms with Gasteiger partial charge in [-0.2, -0.15) is 0 Å². The van der Waals surface area contributed by atoms with E-state index < -0.39 is 0 Å². The highest BCUT2D eigenvalue weighted by molar-refractivity contribution is 7.16. The first kappa shape index (κ1) is 25.9. The van der Waals surface area contributed by atoms with Gasteiger partial charge in [-0.3, -0.25) is 9.69 Å². The van der Waals surface area contributed by atoms with E-state index in [-0.39, 0.29) is 17.6 Å². The molecule has 0 radical (unpaired) electrons. The van der Waals surface area contributed by atoms with Crippen molar-refractivity contribution in [3.05, 3.63) is 38.6 Å². The van der Waals surface area contributed by atoms with Gasteiger partial charge in [-0.25, -0.2) is 4.98 Å². The molecule has 0 aromatic carbocycles. The molecule has 0 N–H and O–H groups in total. The van der Waals surface area contributed by atoms with Crippen LogP contribution in [-0.2, 0) is 22.6 Å². The molecule has 2 fully saturated rings. The van der Waals surface area contributed by atoms with Crippen LogP contribution in [0.1, 0.15) is 99.3 Å². The van der Waals surface area contributed by atoms with Gasteiger partial charge in [0.15, 0.2) is 0 Å². The standard InChI is InChI=1S/C28H39ClN4O2S/c1-4-5-28(35)31-12-11-25-24(17-31)30-19(3)33(25)23-15-21-6-7-22(16-23)32(21)13-10-20(14-18(2)34)26-8-9-27(29)36-26/h8-9,20-23H,4-7,10-17H2,1-3H3/t20-,21?,22?,23?/m1/s1. The monoisotopic (exact) mass is 530 g/mol. The summed E-state index contributed by atoms with van der Waals surface area (Å²) in [5.74, 6) is 1.88. The van der Waals surface area contributed by atoms with Crippen molar-refractivity contribution in [3.8, 4) is 0 Å². The Kier molecular flexibility index (Phi) is 7.89. The number of fused-ring (bicyclic) bond motifs is 3. The molecule has 2 aromatic heterocycles. The van der Waals surface area contributed by atoms with Crippen LogP contribution in [0.25, 0.3) is 0 Å². The molecular weight excluding hydrogens is 492 g/mol. The van der Waals surface area contributed by atoms with E-state index in [1.165, 1.54) is 36.3 Å². The lowest BCUT2D eigenvalue weighted by atomic mass is 9.93.